The van der Waals surface area contributed by atoms with Gasteiger partial charge in [-0.3, -0.25) is 0 Å². The Morgan fingerprint density at radius 1 is 1.36 bits per heavy atom. The number of fused-ring (bicyclic) bond motifs is 1. The van der Waals surface area contributed by atoms with Gasteiger partial charge in [-0.05, 0) is 61.3 Å². The van der Waals surface area contributed by atoms with E-state index in [9.17, 15) is 4.79 Å². The smallest absolute Gasteiger partial charge is 0.341 e. The highest BCUT2D eigenvalue weighted by Crippen LogP contribution is 2.61. The summed E-state index contributed by atoms with van der Waals surface area (Å²) in [7, 11) is 0. The summed E-state index contributed by atoms with van der Waals surface area (Å²) < 4.78 is 10.9. The number of furan rings is 1. The minimum absolute atomic E-state index is 0.232. The van der Waals surface area contributed by atoms with Gasteiger partial charge >= 0.3 is 5.97 Å². The first kappa shape index (κ1) is 18.3. The molecule has 1 aromatic heterocycles. The zero-order chi connectivity index (χ0) is 18.2. The summed E-state index contributed by atoms with van der Waals surface area (Å²) in [5.74, 6) is 1.55. The predicted molar refractivity (Wildman–Crippen MR) is 99.5 cm³/mol. The minimum atomic E-state index is -0.279. The largest absolute Gasteiger partial charge is 0.468 e. The van der Waals surface area contributed by atoms with Crippen molar-refractivity contribution in [3.63, 3.8) is 0 Å². The molecule has 2 fully saturated rings. The van der Waals surface area contributed by atoms with Gasteiger partial charge < -0.3 is 9.15 Å². The summed E-state index contributed by atoms with van der Waals surface area (Å²) >= 11 is 0. The maximum atomic E-state index is 12.2. The fourth-order valence-electron chi connectivity index (χ4n) is 5.73. The number of esters is 1. The van der Waals surface area contributed by atoms with Crippen molar-refractivity contribution in [3.8, 4) is 0 Å². The third-order valence-electron chi connectivity index (χ3n) is 6.95. The van der Waals surface area contributed by atoms with Crippen LogP contribution >= 0.6 is 0 Å². The SMILES string of the molecule is C=C1CC[C@H]2C(C)(C)CCC[C@]2(C)[C@H]1Cc1occc1C(=O)OCC. The van der Waals surface area contributed by atoms with Crippen molar-refractivity contribution in [3.05, 3.63) is 35.8 Å². The summed E-state index contributed by atoms with van der Waals surface area (Å²) in [5, 5.41) is 0. The maximum Gasteiger partial charge on any atom is 0.341 e. The molecule has 25 heavy (non-hydrogen) atoms. The highest BCUT2D eigenvalue weighted by Gasteiger charge is 2.53. The summed E-state index contributed by atoms with van der Waals surface area (Å²) in [4.78, 5) is 12.2. The van der Waals surface area contributed by atoms with Crippen molar-refractivity contribution in [2.75, 3.05) is 6.61 Å². The van der Waals surface area contributed by atoms with E-state index in [-0.39, 0.29) is 11.4 Å². The molecule has 1 aromatic rings. The number of ether oxygens (including phenoxy) is 1. The van der Waals surface area contributed by atoms with Gasteiger partial charge in [0, 0.05) is 6.42 Å². The molecule has 2 aliphatic rings. The summed E-state index contributed by atoms with van der Waals surface area (Å²) in [6.07, 6.45) is 8.50. The van der Waals surface area contributed by atoms with Gasteiger partial charge in [-0.2, -0.15) is 0 Å². The van der Waals surface area contributed by atoms with Crippen molar-refractivity contribution in [1.82, 2.24) is 0 Å². The molecule has 0 amide bonds. The van der Waals surface area contributed by atoms with Gasteiger partial charge in [-0.15, -0.1) is 0 Å². The van der Waals surface area contributed by atoms with Gasteiger partial charge in [0.15, 0.2) is 0 Å². The topological polar surface area (TPSA) is 39.4 Å². The van der Waals surface area contributed by atoms with Crippen LogP contribution in [0.1, 0.15) is 75.9 Å². The Labute approximate surface area is 151 Å². The Morgan fingerprint density at radius 2 is 2.12 bits per heavy atom. The number of hydrogen-bond donors (Lipinski definition) is 0. The van der Waals surface area contributed by atoms with E-state index in [0.717, 1.165) is 18.6 Å². The van der Waals surface area contributed by atoms with Crippen LogP contribution in [0.3, 0.4) is 0 Å². The summed E-state index contributed by atoms with van der Waals surface area (Å²) in [6, 6.07) is 1.74. The van der Waals surface area contributed by atoms with Crippen LogP contribution in [0.5, 0.6) is 0 Å². The van der Waals surface area contributed by atoms with Crippen LogP contribution < -0.4 is 0 Å². The molecule has 0 saturated heterocycles. The Morgan fingerprint density at radius 3 is 2.84 bits per heavy atom. The average Bonchev–Trinajstić information content (AvgIpc) is 2.99. The fraction of sp³-hybridized carbons (Fsp3) is 0.682. The van der Waals surface area contributed by atoms with Crippen LogP contribution in [-0.4, -0.2) is 12.6 Å². The Bertz CT molecular complexity index is 654. The van der Waals surface area contributed by atoms with E-state index in [4.69, 9.17) is 9.15 Å². The lowest BCUT2D eigenvalue weighted by Crippen LogP contribution is -2.50. The first-order valence-electron chi connectivity index (χ1n) is 9.70. The molecule has 0 radical (unpaired) electrons. The molecule has 0 aliphatic heterocycles. The Balaban J connectivity index is 1.90. The molecular weight excluding hydrogens is 312 g/mol. The highest BCUT2D eigenvalue weighted by molar-refractivity contribution is 5.90. The number of hydrogen-bond acceptors (Lipinski definition) is 3. The van der Waals surface area contributed by atoms with E-state index in [0.29, 0.717) is 29.4 Å². The van der Waals surface area contributed by atoms with E-state index in [1.54, 1.807) is 12.3 Å². The Hall–Kier alpha value is -1.51. The first-order valence-corrected chi connectivity index (χ1v) is 9.70. The lowest BCUT2D eigenvalue weighted by Gasteiger charge is -2.58. The van der Waals surface area contributed by atoms with Gasteiger partial charge in [0.1, 0.15) is 11.3 Å². The predicted octanol–water partition coefficient (Wildman–Crippen LogP) is 5.80. The van der Waals surface area contributed by atoms with E-state index in [1.807, 2.05) is 6.92 Å². The van der Waals surface area contributed by atoms with Crippen LogP contribution in [0, 0.1) is 22.7 Å². The molecule has 0 spiro atoms. The summed E-state index contributed by atoms with van der Waals surface area (Å²) in [5.41, 5.74) is 2.51. The number of carbonyl (C=O) groups is 1. The molecule has 0 N–H and O–H groups in total. The lowest BCUT2D eigenvalue weighted by atomic mass is 9.47. The molecule has 3 nitrogen and oxygen atoms in total. The molecular formula is C22H32O3. The second kappa shape index (κ2) is 6.66. The average molecular weight is 344 g/mol. The van der Waals surface area contributed by atoms with Crippen molar-refractivity contribution < 1.29 is 13.9 Å². The highest BCUT2D eigenvalue weighted by atomic mass is 16.5. The van der Waals surface area contributed by atoms with Crippen LogP contribution in [0.4, 0.5) is 0 Å². The molecule has 0 aromatic carbocycles. The minimum Gasteiger partial charge on any atom is -0.468 e. The normalized spacial score (nSPS) is 31.4. The van der Waals surface area contributed by atoms with Crippen molar-refractivity contribution in [2.45, 2.75) is 66.2 Å². The molecule has 0 bridgehead atoms. The van der Waals surface area contributed by atoms with Crippen LogP contribution in [-0.2, 0) is 11.2 Å². The van der Waals surface area contributed by atoms with E-state index in [1.165, 1.54) is 31.3 Å². The van der Waals surface area contributed by atoms with Crippen molar-refractivity contribution >= 4 is 5.97 Å². The van der Waals surface area contributed by atoms with Crippen LogP contribution in [0.25, 0.3) is 0 Å². The molecule has 3 heteroatoms. The molecule has 138 valence electrons. The molecule has 2 aliphatic carbocycles. The maximum absolute atomic E-state index is 12.2. The van der Waals surface area contributed by atoms with Gasteiger partial charge in [-0.25, -0.2) is 4.79 Å². The fourth-order valence-corrected chi connectivity index (χ4v) is 5.73. The van der Waals surface area contributed by atoms with Gasteiger partial charge in [0.2, 0.25) is 0 Å². The molecule has 2 saturated carbocycles. The quantitative estimate of drug-likeness (QED) is 0.512. The van der Waals surface area contributed by atoms with Crippen molar-refractivity contribution in [2.24, 2.45) is 22.7 Å². The first-order chi connectivity index (χ1) is 11.8. The third kappa shape index (κ3) is 3.18. The third-order valence-corrected chi connectivity index (χ3v) is 6.95. The monoisotopic (exact) mass is 344 g/mol. The zero-order valence-electron chi connectivity index (χ0n) is 16.2. The molecule has 3 rings (SSSR count). The van der Waals surface area contributed by atoms with Gasteiger partial charge in [0.05, 0.1) is 12.9 Å². The Kier molecular flexibility index (Phi) is 4.87. The number of rotatable bonds is 4. The number of carbonyl (C=O) groups excluding carboxylic acids is 1. The van der Waals surface area contributed by atoms with E-state index >= 15 is 0 Å². The van der Waals surface area contributed by atoms with Crippen LogP contribution in [0.2, 0.25) is 0 Å². The second-order valence-corrected chi connectivity index (χ2v) is 8.83. The molecule has 1 heterocycles. The molecule has 0 unspecified atom stereocenters. The molecule has 3 atom stereocenters. The van der Waals surface area contributed by atoms with Crippen molar-refractivity contribution in [1.29, 1.82) is 0 Å². The van der Waals surface area contributed by atoms with Gasteiger partial charge in [-0.1, -0.05) is 39.3 Å². The standard InChI is InChI=1S/C22H32O3/c1-6-24-20(23)16-10-13-25-18(16)14-17-15(2)8-9-19-21(3,4)11-7-12-22(17,19)5/h10,13,17,19H,2,6-9,11-12,14H2,1,3-5H3/t17-,19-,22+/m0/s1. The zero-order valence-corrected chi connectivity index (χ0v) is 16.2. The number of allylic oxidation sites excluding steroid dienone is 1. The lowest BCUT2D eigenvalue weighted by molar-refractivity contribution is -0.0528. The van der Waals surface area contributed by atoms with E-state index in [2.05, 4.69) is 27.4 Å². The second-order valence-electron chi connectivity index (χ2n) is 8.83. The van der Waals surface area contributed by atoms with Crippen LogP contribution in [0.15, 0.2) is 28.9 Å². The van der Waals surface area contributed by atoms with Gasteiger partial charge in [0.25, 0.3) is 0 Å². The summed E-state index contributed by atoms with van der Waals surface area (Å²) in [6.45, 7) is 13.9. The van der Waals surface area contributed by atoms with E-state index < -0.39 is 0 Å².